The molecule has 228 valence electrons. The van der Waals surface area contributed by atoms with Gasteiger partial charge in [-0.05, 0) is 60.7 Å². The first-order chi connectivity index (χ1) is 22.4. The maximum Gasteiger partial charge on any atom is 0.272 e. The second kappa shape index (κ2) is 13.5. The van der Waals surface area contributed by atoms with Crippen molar-refractivity contribution in [2.24, 2.45) is 0 Å². The first-order valence-electron chi connectivity index (χ1n) is 14.4. The van der Waals surface area contributed by atoms with Crippen LogP contribution in [0.5, 0.6) is 11.5 Å². The molecule has 0 aliphatic rings. The number of nitrogens with one attached hydrogen (secondary N) is 2. The Bertz CT molecular complexity index is 2070. The van der Waals surface area contributed by atoms with Gasteiger partial charge in [0, 0.05) is 38.5 Å². The van der Waals surface area contributed by atoms with Crippen LogP contribution >= 0.6 is 11.8 Å². The number of amides is 2. The molecule has 0 spiro atoms. The number of carbonyl (C=O) groups excluding carboxylic acids is 3. The van der Waals surface area contributed by atoms with E-state index in [1.807, 2.05) is 54.6 Å². The van der Waals surface area contributed by atoms with E-state index in [9.17, 15) is 19.5 Å². The summed E-state index contributed by atoms with van der Waals surface area (Å²) in [6.45, 7) is 0. The summed E-state index contributed by atoms with van der Waals surface area (Å²) in [4.78, 5) is 40.9. The number of phenolic OH excluding ortho intramolecular Hbond substituents is 1. The minimum absolute atomic E-state index is 0.000678. The molecule has 46 heavy (non-hydrogen) atoms. The highest BCUT2D eigenvalue weighted by atomic mass is 32.2. The van der Waals surface area contributed by atoms with Crippen LogP contribution in [0.15, 0.2) is 132 Å². The van der Waals surface area contributed by atoms with Gasteiger partial charge in [0.15, 0.2) is 0 Å². The van der Waals surface area contributed by atoms with E-state index < -0.39 is 11.8 Å². The van der Waals surface area contributed by atoms with E-state index in [1.165, 1.54) is 37.1 Å². The molecular formula is C37H29N3O5S. The van der Waals surface area contributed by atoms with Gasteiger partial charge in [-0.2, -0.15) is 0 Å². The number of aromatic hydroxyl groups is 1. The van der Waals surface area contributed by atoms with Crippen LogP contribution in [0.2, 0.25) is 0 Å². The highest BCUT2D eigenvalue weighted by Crippen LogP contribution is 2.30. The van der Waals surface area contributed by atoms with Gasteiger partial charge in [0.05, 0.1) is 23.9 Å². The number of nitrogens with zero attached hydrogens (tertiary/aromatic N) is 1. The van der Waals surface area contributed by atoms with Gasteiger partial charge < -0.3 is 20.5 Å². The number of fused-ring (bicyclic) bond motifs is 3. The van der Waals surface area contributed by atoms with Gasteiger partial charge in [0.2, 0.25) is 5.91 Å². The largest absolute Gasteiger partial charge is 0.508 e. The lowest BCUT2D eigenvalue weighted by molar-refractivity contribution is -0.113. The predicted molar refractivity (Wildman–Crippen MR) is 182 cm³/mol. The minimum Gasteiger partial charge on any atom is -0.508 e. The van der Waals surface area contributed by atoms with Crippen LogP contribution in [0.25, 0.3) is 27.9 Å². The summed E-state index contributed by atoms with van der Waals surface area (Å²) in [7, 11) is 1.45. The number of benzene rings is 5. The van der Waals surface area contributed by atoms with E-state index in [0.29, 0.717) is 22.6 Å². The van der Waals surface area contributed by atoms with Crippen LogP contribution in [0.3, 0.4) is 0 Å². The Labute approximate surface area is 269 Å². The average molecular weight is 628 g/mol. The number of methoxy groups -OCH3 is 1. The van der Waals surface area contributed by atoms with Crippen LogP contribution in [0, 0.1) is 0 Å². The molecule has 9 heteroatoms. The zero-order valence-corrected chi connectivity index (χ0v) is 25.6. The second-order valence-electron chi connectivity index (χ2n) is 10.3. The SMILES string of the molecule is COc1cc(O)ccc1/C=C(\NC(=O)c1ccccc1)C(=O)Nc1cccc(SCC(=O)n2c3ccccc3c3ccccc32)c1. The predicted octanol–water partition coefficient (Wildman–Crippen LogP) is 7.35. The number of rotatable bonds is 9. The second-order valence-corrected chi connectivity index (χ2v) is 11.4. The van der Waals surface area contributed by atoms with E-state index in [0.717, 1.165) is 26.7 Å². The van der Waals surface area contributed by atoms with Crippen molar-refractivity contribution in [3.63, 3.8) is 0 Å². The van der Waals surface area contributed by atoms with Crippen molar-refractivity contribution in [2.45, 2.75) is 4.90 Å². The highest BCUT2D eigenvalue weighted by molar-refractivity contribution is 8.00. The molecule has 6 aromatic rings. The molecule has 0 unspecified atom stereocenters. The van der Waals surface area contributed by atoms with Crippen LogP contribution in [0.4, 0.5) is 5.69 Å². The number of ether oxygens (including phenoxy) is 1. The molecule has 6 rings (SSSR count). The molecule has 0 aliphatic heterocycles. The third-order valence-corrected chi connectivity index (χ3v) is 8.31. The van der Waals surface area contributed by atoms with Gasteiger partial charge in [0.1, 0.15) is 17.2 Å². The highest BCUT2D eigenvalue weighted by Gasteiger charge is 2.18. The first kappa shape index (κ1) is 30.2. The smallest absolute Gasteiger partial charge is 0.272 e. The lowest BCUT2D eigenvalue weighted by Gasteiger charge is -2.13. The summed E-state index contributed by atoms with van der Waals surface area (Å²) in [5, 5.41) is 17.5. The molecule has 0 aliphatic carbocycles. The van der Waals surface area contributed by atoms with Crippen LogP contribution in [0.1, 0.15) is 20.7 Å². The summed E-state index contributed by atoms with van der Waals surface area (Å²) < 4.78 is 7.13. The molecule has 0 fully saturated rings. The minimum atomic E-state index is -0.567. The lowest BCUT2D eigenvalue weighted by Crippen LogP contribution is -2.30. The molecule has 0 bridgehead atoms. The fraction of sp³-hybridized carbons (Fsp3) is 0.0541. The number of thioether (sulfide) groups is 1. The number of phenols is 1. The molecule has 0 saturated heterocycles. The van der Waals surface area contributed by atoms with Gasteiger partial charge in [0.25, 0.3) is 11.8 Å². The van der Waals surface area contributed by atoms with E-state index in [1.54, 1.807) is 59.2 Å². The quantitative estimate of drug-likeness (QED) is 0.114. The molecule has 0 radical (unpaired) electrons. The Kier molecular flexibility index (Phi) is 8.84. The number of hydrogen-bond donors (Lipinski definition) is 3. The van der Waals surface area contributed by atoms with Gasteiger partial charge in [-0.3, -0.25) is 19.0 Å². The number of aromatic nitrogens is 1. The Hall–Kier alpha value is -5.80. The van der Waals surface area contributed by atoms with Crippen LogP contribution in [-0.2, 0) is 4.79 Å². The molecular weight excluding hydrogens is 598 g/mol. The van der Waals surface area contributed by atoms with E-state index in [4.69, 9.17) is 4.74 Å². The fourth-order valence-corrected chi connectivity index (χ4v) is 5.98. The van der Waals surface area contributed by atoms with Crippen molar-refractivity contribution < 1.29 is 24.2 Å². The number of para-hydroxylation sites is 2. The summed E-state index contributed by atoms with van der Waals surface area (Å²) in [6, 6.07) is 35.9. The summed E-state index contributed by atoms with van der Waals surface area (Å²) in [5.41, 5.74) is 3.03. The van der Waals surface area contributed by atoms with E-state index >= 15 is 0 Å². The van der Waals surface area contributed by atoms with Crippen LogP contribution in [-0.4, -0.2) is 40.3 Å². The molecule has 0 saturated carbocycles. The van der Waals surface area contributed by atoms with Crippen LogP contribution < -0.4 is 15.4 Å². The van der Waals surface area contributed by atoms with Crippen molar-refractivity contribution in [3.05, 3.63) is 138 Å². The first-order valence-corrected chi connectivity index (χ1v) is 15.4. The summed E-state index contributed by atoms with van der Waals surface area (Å²) in [6.07, 6.45) is 1.48. The summed E-state index contributed by atoms with van der Waals surface area (Å²) >= 11 is 1.36. The monoisotopic (exact) mass is 627 g/mol. The lowest BCUT2D eigenvalue weighted by atomic mass is 10.1. The van der Waals surface area contributed by atoms with Crippen molar-refractivity contribution >= 4 is 63.1 Å². The molecule has 5 aromatic carbocycles. The third kappa shape index (κ3) is 6.50. The Morgan fingerprint density at radius 1 is 0.804 bits per heavy atom. The average Bonchev–Trinajstić information content (AvgIpc) is 3.42. The van der Waals surface area contributed by atoms with E-state index in [-0.39, 0.29) is 23.1 Å². The Morgan fingerprint density at radius 3 is 2.17 bits per heavy atom. The van der Waals surface area contributed by atoms with Gasteiger partial charge in [-0.25, -0.2) is 0 Å². The van der Waals surface area contributed by atoms with Crippen molar-refractivity contribution in [3.8, 4) is 11.5 Å². The van der Waals surface area contributed by atoms with Crippen molar-refractivity contribution in [1.82, 2.24) is 9.88 Å². The Balaban J connectivity index is 1.22. The molecule has 1 heterocycles. The number of carbonyl (C=O) groups is 3. The third-order valence-electron chi connectivity index (χ3n) is 7.33. The van der Waals surface area contributed by atoms with Crippen molar-refractivity contribution in [2.75, 3.05) is 18.2 Å². The molecule has 3 N–H and O–H groups in total. The van der Waals surface area contributed by atoms with Crippen molar-refractivity contribution in [1.29, 1.82) is 0 Å². The summed E-state index contributed by atoms with van der Waals surface area (Å²) in [5.74, 6) is -0.590. The Morgan fingerprint density at radius 2 is 1.48 bits per heavy atom. The number of hydrogen-bond acceptors (Lipinski definition) is 6. The van der Waals surface area contributed by atoms with Gasteiger partial charge in [-0.15, -0.1) is 11.8 Å². The van der Waals surface area contributed by atoms with Gasteiger partial charge in [-0.1, -0.05) is 60.7 Å². The van der Waals surface area contributed by atoms with E-state index in [2.05, 4.69) is 10.6 Å². The molecule has 2 amide bonds. The zero-order valence-electron chi connectivity index (χ0n) is 24.8. The molecule has 0 atom stereocenters. The normalized spacial score (nSPS) is 11.4. The number of anilines is 1. The standard InChI is InChI=1S/C37H29N3O5S/c1-45-34-22-27(41)19-18-25(34)20-31(39-36(43)24-10-3-2-4-11-24)37(44)38-26-12-9-13-28(21-26)46-23-35(42)40-32-16-7-5-14-29(32)30-15-6-8-17-33(30)40/h2-22,41H,23H2,1H3,(H,38,44)(H,39,43)/b31-20-. The molecule has 8 nitrogen and oxygen atoms in total. The zero-order chi connectivity index (χ0) is 32.0. The maximum atomic E-state index is 13.6. The fourth-order valence-electron chi connectivity index (χ4n) is 5.18. The molecule has 1 aromatic heterocycles. The topological polar surface area (TPSA) is 110 Å². The van der Waals surface area contributed by atoms with Gasteiger partial charge >= 0.3 is 0 Å². The maximum absolute atomic E-state index is 13.6.